The molecule has 0 radical (unpaired) electrons. The molecule has 1 aromatic carbocycles. The van der Waals surface area contributed by atoms with E-state index in [1.807, 2.05) is 0 Å². The summed E-state index contributed by atoms with van der Waals surface area (Å²) in [5.74, 6) is 3.85. The van der Waals surface area contributed by atoms with Crippen molar-refractivity contribution in [2.24, 2.45) is 0 Å². The van der Waals surface area contributed by atoms with Crippen molar-refractivity contribution in [2.45, 2.75) is 4.90 Å². The number of aliphatic hydroxyl groups is 1. The molecule has 0 aliphatic rings. The zero-order valence-electron chi connectivity index (χ0n) is 9.74. The van der Waals surface area contributed by atoms with E-state index in [1.165, 1.54) is 6.07 Å². The minimum atomic E-state index is -4.11. The molecule has 2 N–H and O–H groups in total. The number of benzene rings is 1. The van der Waals surface area contributed by atoms with Crippen LogP contribution in [-0.2, 0) is 10.0 Å². The molecule has 10 heteroatoms. The van der Waals surface area contributed by atoms with Gasteiger partial charge >= 0.3 is 0 Å². The summed E-state index contributed by atoms with van der Waals surface area (Å²) in [6.07, 6.45) is 0. The van der Waals surface area contributed by atoms with Crippen LogP contribution in [0.1, 0.15) is 5.56 Å². The van der Waals surface area contributed by atoms with E-state index >= 15 is 0 Å². The Labute approximate surface area is 117 Å². The summed E-state index contributed by atoms with van der Waals surface area (Å²) in [7, 11) is -4.11. The van der Waals surface area contributed by atoms with Crippen molar-refractivity contribution in [3.05, 3.63) is 29.6 Å². The van der Waals surface area contributed by atoms with Crippen molar-refractivity contribution in [2.75, 3.05) is 11.3 Å². The first kappa shape index (κ1) is 14.3. The number of sulfonamides is 1. The molecule has 1 heterocycles. The highest BCUT2D eigenvalue weighted by Crippen LogP contribution is 2.19. The Morgan fingerprint density at radius 1 is 1.45 bits per heavy atom. The van der Waals surface area contributed by atoms with Gasteiger partial charge in [0.1, 0.15) is 17.3 Å². The van der Waals surface area contributed by atoms with E-state index in [4.69, 9.17) is 5.11 Å². The van der Waals surface area contributed by atoms with Gasteiger partial charge in [-0.1, -0.05) is 21.4 Å². The van der Waals surface area contributed by atoms with Crippen molar-refractivity contribution in [1.29, 1.82) is 0 Å². The molecule has 0 spiro atoms. The summed E-state index contributed by atoms with van der Waals surface area (Å²) in [6, 6.07) is 3.38. The topological polar surface area (TPSA) is 105 Å². The van der Waals surface area contributed by atoms with Gasteiger partial charge in [0.25, 0.3) is 10.0 Å². The first-order valence-electron chi connectivity index (χ1n) is 5.10. The summed E-state index contributed by atoms with van der Waals surface area (Å²) in [4.78, 5) is -0.540. The Bertz CT molecular complexity index is 766. The molecular formula is C10H7FN4O3S2. The van der Waals surface area contributed by atoms with E-state index in [0.717, 1.165) is 23.7 Å². The van der Waals surface area contributed by atoms with Gasteiger partial charge < -0.3 is 5.11 Å². The molecule has 2 aromatic rings. The third-order valence-corrected chi connectivity index (χ3v) is 4.07. The highest BCUT2D eigenvalue weighted by molar-refractivity contribution is 7.93. The van der Waals surface area contributed by atoms with Crippen molar-refractivity contribution in [1.82, 2.24) is 14.8 Å². The molecule has 1 aromatic heterocycles. The average Bonchev–Trinajstić information content (AvgIpc) is 2.88. The van der Waals surface area contributed by atoms with Crippen LogP contribution in [0.25, 0.3) is 0 Å². The number of halogens is 1. The zero-order chi connectivity index (χ0) is 14.6. The highest BCUT2D eigenvalue weighted by Gasteiger charge is 2.20. The fraction of sp³-hybridized carbons (Fsp3) is 0.100. The van der Waals surface area contributed by atoms with Gasteiger partial charge in [0, 0.05) is 17.1 Å². The minimum Gasteiger partial charge on any atom is -0.384 e. The quantitative estimate of drug-likeness (QED) is 0.785. The lowest BCUT2D eigenvalue weighted by molar-refractivity contribution is 0.350. The monoisotopic (exact) mass is 314 g/mol. The number of nitrogens with zero attached hydrogens (tertiary/aromatic N) is 3. The molecule has 0 fully saturated rings. The third kappa shape index (κ3) is 3.27. The molecule has 0 unspecified atom stereocenters. The maximum atomic E-state index is 13.8. The van der Waals surface area contributed by atoms with E-state index in [1.54, 1.807) is 0 Å². The number of anilines is 1. The molecule has 2 rings (SSSR count). The van der Waals surface area contributed by atoms with Gasteiger partial charge in [-0.2, -0.15) is 0 Å². The number of aliphatic hydroxyl groups excluding tert-OH is 1. The molecule has 0 atom stereocenters. The van der Waals surface area contributed by atoms with Crippen LogP contribution in [0.5, 0.6) is 0 Å². The second kappa shape index (κ2) is 5.91. The molecule has 104 valence electrons. The molecular weight excluding hydrogens is 307 g/mol. The normalized spacial score (nSPS) is 10.7. The lowest BCUT2D eigenvalue weighted by atomic mass is 10.2. The van der Waals surface area contributed by atoms with Gasteiger partial charge in [-0.05, 0) is 23.4 Å². The summed E-state index contributed by atoms with van der Waals surface area (Å²) in [6.45, 7) is -0.368. The Balaban J connectivity index is 2.33. The van der Waals surface area contributed by atoms with Crippen molar-refractivity contribution < 1.29 is 17.9 Å². The molecule has 7 nitrogen and oxygen atoms in total. The van der Waals surface area contributed by atoms with Gasteiger partial charge in [-0.15, -0.1) is 0 Å². The number of hydrogen-bond donors (Lipinski definition) is 2. The maximum Gasteiger partial charge on any atom is 0.266 e. The summed E-state index contributed by atoms with van der Waals surface area (Å²) in [5, 5.41) is 15.1. The lowest BCUT2D eigenvalue weighted by Gasteiger charge is -2.05. The van der Waals surface area contributed by atoms with E-state index in [-0.39, 0.29) is 17.3 Å². The third-order valence-electron chi connectivity index (χ3n) is 2.05. The van der Waals surface area contributed by atoms with Crippen LogP contribution in [0.15, 0.2) is 23.1 Å². The van der Waals surface area contributed by atoms with Crippen molar-refractivity contribution >= 4 is 26.7 Å². The first-order chi connectivity index (χ1) is 9.53. The van der Waals surface area contributed by atoms with E-state index in [0.29, 0.717) is 0 Å². The largest absolute Gasteiger partial charge is 0.384 e. The van der Waals surface area contributed by atoms with Gasteiger partial charge in [0.05, 0.1) is 0 Å². The number of hydrogen-bond acceptors (Lipinski definition) is 7. The minimum absolute atomic E-state index is 0.0615. The second-order valence-electron chi connectivity index (χ2n) is 3.38. The molecule has 0 amide bonds. The highest BCUT2D eigenvalue weighted by atomic mass is 32.2. The van der Waals surface area contributed by atoms with Crippen LogP contribution < -0.4 is 4.72 Å². The summed E-state index contributed by atoms with van der Waals surface area (Å²) >= 11 is 0.729. The van der Waals surface area contributed by atoms with Crippen molar-refractivity contribution in [3.63, 3.8) is 0 Å². The standard InChI is InChI=1S/C10H7FN4O3S2/c11-8-6-7(2-1-5-16)3-4-9(8)20(17,18)13-10-12-14-15-19-10/h3-4,6,16H,5H2,(H,12,13,15). The van der Waals surface area contributed by atoms with Gasteiger partial charge in [0.15, 0.2) is 0 Å². The summed E-state index contributed by atoms with van der Waals surface area (Å²) in [5.41, 5.74) is 0.257. The van der Waals surface area contributed by atoms with Gasteiger partial charge in [-0.25, -0.2) is 12.8 Å². The molecule has 0 aliphatic heterocycles. The van der Waals surface area contributed by atoms with E-state index < -0.39 is 20.7 Å². The van der Waals surface area contributed by atoms with E-state index in [2.05, 4.69) is 31.4 Å². The van der Waals surface area contributed by atoms with Crippen LogP contribution in [0, 0.1) is 17.7 Å². The molecule has 0 aliphatic carbocycles. The first-order valence-corrected chi connectivity index (χ1v) is 7.36. The van der Waals surface area contributed by atoms with Gasteiger partial charge in [0.2, 0.25) is 5.13 Å². The Hall–Kier alpha value is -2.09. The van der Waals surface area contributed by atoms with Crippen molar-refractivity contribution in [3.8, 4) is 11.8 Å². The number of aromatic nitrogens is 3. The predicted octanol–water partition coefficient (Wildman–Crippen LogP) is 0.217. The Kier molecular flexibility index (Phi) is 4.23. The van der Waals surface area contributed by atoms with Crippen LogP contribution in [0.3, 0.4) is 0 Å². The van der Waals surface area contributed by atoms with Crippen LogP contribution in [0.2, 0.25) is 0 Å². The Morgan fingerprint density at radius 2 is 2.25 bits per heavy atom. The maximum absolute atomic E-state index is 13.8. The molecule has 0 saturated heterocycles. The lowest BCUT2D eigenvalue weighted by Crippen LogP contribution is -2.14. The number of rotatable bonds is 3. The van der Waals surface area contributed by atoms with Crippen LogP contribution in [0.4, 0.5) is 9.52 Å². The molecule has 0 bridgehead atoms. The molecule has 0 saturated carbocycles. The van der Waals surface area contributed by atoms with Crippen LogP contribution >= 0.6 is 11.5 Å². The predicted molar refractivity (Wildman–Crippen MR) is 68.9 cm³/mol. The SMILES string of the molecule is O=S(=O)(Nc1nnns1)c1ccc(C#CCO)cc1F. The summed E-state index contributed by atoms with van der Waals surface area (Å²) < 4.78 is 43.1. The fourth-order valence-electron chi connectivity index (χ4n) is 1.28. The van der Waals surface area contributed by atoms with Gasteiger partial charge in [-0.3, -0.25) is 4.72 Å². The average molecular weight is 314 g/mol. The number of nitrogens with one attached hydrogen (secondary N) is 1. The van der Waals surface area contributed by atoms with Crippen LogP contribution in [-0.4, -0.2) is 34.9 Å². The smallest absolute Gasteiger partial charge is 0.266 e. The second-order valence-corrected chi connectivity index (χ2v) is 5.76. The van der Waals surface area contributed by atoms with E-state index in [9.17, 15) is 12.8 Å². The Morgan fingerprint density at radius 3 is 2.85 bits per heavy atom. The zero-order valence-corrected chi connectivity index (χ0v) is 11.4. The fourth-order valence-corrected chi connectivity index (χ4v) is 2.93. The molecule has 20 heavy (non-hydrogen) atoms.